The van der Waals surface area contributed by atoms with Crippen molar-refractivity contribution in [2.24, 2.45) is 0 Å². The average molecular weight is 328 g/mol. The molecule has 6 nitrogen and oxygen atoms in total. The van der Waals surface area contributed by atoms with Crippen molar-refractivity contribution >= 4 is 11.7 Å². The molecule has 0 saturated carbocycles. The van der Waals surface area contributed by atoms with E-state index in [-0.39, 0.29) is 11.4 Å². The van der Waals surface area contributed by atoms with Crippen LogP contribution in [-0.4, -0.2) is 34.2 Å². The molecule has 3 rings (SSSR count). The van der Waals surface area contributed by atoms with Gasteiger partial charge in [0.25, 0.3) is 0 Å². The molecule has 24 heavy (non-hydrogen) atoms. The van der Waals surface area contributed by atoms with Gasteiger partial charge in [-0.25, -0.2) is 4.79 Å². The molecule has 1 N–H and O–H groups in total. The summed E-state index contributed by atoms with van der Waals surface area (Å²) in [5.74, 6) is 1.33. The summed E-state index contributed by atoms with van der Waals surface area (Å²) in [5, 5.41) is 7.06. The van der Waals surface area contributed by atoms with Gasteiger partial charge in [0.1, 0.15) is 0 Å². The number of benzene rings is 1. The lowest BCUT2D eigenvalue weighted by Gasteiger charge is -2.37. The fourth-order valence-electron chi connectivity index (χ4n) is 3.22. The van der Waals surface area contributed by atoms with Gasteiger partial charge >= 0.3 is 6.03 Å². The van der Waals surface area contributed by atoms with Gasteiger partial charge in [-0.2, -0.15) is 4.98 Å². The molecule has 1 aliphatic heterocycles. The van der Waals surface area contributed by atoms with Crippen molar-refractivity contribution in [1.82, 2.24) is 15.0 Å². The largest absolute Gasteiger partial charge is 0.340 e. The molecule has 1 aromatic carbocycles. The van der Waals surface area contributed by atoms with Gasteiger partial charge in [0.2, 0.25) is 5.89 Å². The van der Waals surface area contributed by atoms with Crippen LogP contribution in [0.1, 0.15) is 42.6 Å². The lowest BCUT2D eigenvalue weighted by Crippen LogP contribution is -2.46. The Morgan fingerprint density at radius 3 is 2.33 bits per heavy atom. The zero-order valence-electron chi connectivity index (χ0n) is 14.7. The molecule has 1 aliphatic rings. The molecule has 0 aliphatic carbocycles. The Kier molecular flexibility index (Phi) is 4.30. The number of nitrogens with one attached hydrogen (secondary N) is 1. The number of carbonyl (C=O) groups is 1. The van der Waals surface area contributed by atoms with E-state index >= 15 is 0 Å². The van der Waals surface area contributed by atoms with Crippen LogP contribution in [0.15, 0.2) is 22.7 Å². The Hall–Kier alpha value is -2.37. The van der Waals surface area contributed by atoms with Gasteiger partial charge in [0.15, 0.2) is 5.82 Å². The molecule has 128 valence electrons. The normalized spacial score (nSPS) is 16.9. The lowest BCUT2D eigenvalue weighted by molar-refractivity contribution is 0.169. The summed E-state index contributed by atoms with van der Waals surface area (Å²) in [4.78, 5) is 18.7. The molecular weight excluding hydrogens is 304 g/mol. The van der Waals surface area contributed by atoms with Crippen LogP contribution < -0.4 is 5.32 Å². The third-order valence-corrected chi connectivity index (χ3v) is 4.69. The first-order valence-electron chi connectivity index (χ1n) is 8.31. The van der Waals surface area contributed by atoms with E-state index in [2.05, 4.69) is 28.4 Å². The van der Waals surface area contributed by atoms with Gasteiger partial charge in [-0.1, -0.05) is 18.1 Å². The number of piperidine rings is 1. The first-order chi connectivity index (χ1) is 11.4. The second kappa shape index (κ2) is 6.26. The topological polar surface area (TPSA) is 71.3 Å². The van der Waals surface area contributed by atoms with Crippen molar-refractivity contribution in [3.8, 4) is 0 Å². The quantitative estimate of drug-likeness (QED) is 0.914. The van der Waals surface area contributed by atoms with Crippen LogP contribution in [0.4, 0.5) is 10.5 Å². The summed E-state index contributed by atoms with van der Waals surface area (Å²) < 4.78 is 5.10. The molecule has 1 saturated heterocycles. The van der Waals surface area contributed by atoms with E-state index in [1.54, 1.807) is 6.92 Å². The minimum absolute atomic E-state index is 0.0497. The highest BCUT2D eigenvalue weighted by Crippen LogP contribution is 2.33. The average Bonchev–Trinajstić information content (AvgIpc) is 2.94. The Morgan fingerprint density at radius 1 is 1.17 bits per heavy atom. The highest BCUT2D eigenvalue weighted by molar-refractivity contribution is 5.89. The number of likely N-dealkylation sites (tertiary alicyclic amines) is 1. The number of amides is 2. The monoisotopic (exact) mass is 328 g/mol. The smallest absolute Gasteiger partial charge is 0.321 e. The molecule has 2 amide bonds. The first kappa shape index (κ1) is 16.5. The highest BCUT2D eigenvalue weighted by atomic mass is 16.5. The number of aromatic nitrogens is 2. The molecule has 0 bridgehead atoms. The Balaban J connectivity index is 1.62. The van der Waals surface area contributed by atoms with Crippen LogP contribution in [0, 0.1) is 20.8 Å². The number of aryl methyl sites for hydroxylation is 3. The van der Waals surface area contributed by atoms with E-state index in [0.717, 1.165) is 35.5 Å². The summed E-state index contributed by atoms with van der Waals surface area (Å²) in [6, 6.07) is 6.02. The lowest BCUT2D eigenvalue weighted by atomic mass is 9.80. The number of rotatable bonds is 2. The first-order valence-corrected chi connectivity index (χ1v) is 8.31. The van der Waals surface area contributed by atoms with Crippen molar-refractivity contribution < 1.29 is 9.32 Å². The fourth-order valence-corrected chi connectivity index (χ4v) is 3.22. The zero-order chi connectivity index (χ0) is 17.3. The second-order valence-electron chi connectivity index (χ2n) is 6.99. The van der Waals surface area contributed by atoms with Crippen LogP contribution in [-0.2, 0) is 5.41 Å². The Morgan fingerprint density at radius 2 is 1.79 bits per heavy atom. The second-order valence-corrected chi connectivity index (χ2v) is 6.99. The highest BCUT2D eigenvalue weighted by Gasteiger charge is 2.37. The third kappa shape index (κ3) is 3.42. The maximum atomic E-state index is 12.5. The minimum atomic E-state index is -0.130. The Bertz CT molecular complexity index is 725. The van der Waals surface area contributed by atoms with Gasteiger partial charge in [0.05, 0.1) is 0 Å². The number of nitrogens with zero attached hydrogens (tertiary/aromatic N) is 3. The van der Waals surface area contributed by atoms with Gasteiger partial charge in [0, 0.05) is 31.1 Å². The van der Waals surface area contributed by atoms with Gasteiger partial charge in [-0.15, -0.1) is 0 Å². The molecule has 2 aromatic rings. The van der Waals surface area contributed by atoms with E-state index < -0.39 is 0 Å². The molecule has 0 spiro atoms. The van der Waals surface area contributed by atoms with E-state index in [0.29, 0.717) is 19.0 Å². The Labute approximate surface area is 142 Å². The molecular formula is C18H24N4O2. The van der Waals surface area contributed by atoms with Crippen LogP contribution in [0.5, 0.6) is 0 Å². The van der Waals surface area contributed by atoms with Crippen LogP contribution in [0.2, 0.25) is 0 Å². The van der Waals surface area contributed by atoms with Gasteiger partial charge in [-0.3, -0.25) is 0 Å². The summed E-state index contributed by atoms with van der Waals surface area (Å²) >= 11 is 0. The molecule has 0 radical (unpaired) electrons. The predicted molar refractivity (Wildman–Crippen MR) is 92.1 cm³/mol. The number of carbonyl (C=O) groups excluding carboxylic acids is 1. The van der Waals surface area contributed by atoms with Gasteiger partial charge in [-0.05, 0) is 49.9 Å². The van der Waals surface area contributed by atoms with E-state index in [1.165, 1.54) is 0 Å². The molecule has 2 heterocycles. The van der Waals surface area contributed by atoms with Crippen molar-refractivity contribution in [2.45, 2.75) is 46.0 Å². The molecule has 1 fully saturated rings. The van der Waals surface area contributed by atoms with E-state index in [9.17, 15) is 4.79 Å². The number of hydrogen-bond acceptors (Lipinski definition) is 4. The van der Waals surface area contributed by atoms with Crippen LogP contribution in [0.25, 0.3) is 0 Å². The van der Waals surface area contributed by atoms with Gasteiger partial charge < -0.3 is 14.7 Å². The molecule has 0 atom stereocenters. The number of anilines is 1. The molecule has 0 unspecified atom stereocenters. The van der Waals surface area contributed by atoms with Crippen LogP contribution in [0.3, 0.4) is 0 Å². The van der Waals surface area contributed by atoms with Crippen molar-refractivity contribution in [3.63, 3.8) is 0 Å². The maximum absolute atomic E-state index is 12.5. The standard InChI is InChI=1S/C18H24N4O2/c1-12-9-13(2)11-15(10-12)20-17(23)22-7-5-18(4,6-8-22)16-19-14(3)24-21-16/h9-11H,5-8H2,1-4H3,(H,20,23). The SMILES string of the molecule is Cc1cc(C)cc(NC(=O)N2CCC(C)(c3noc(C)n3)CC2)c1. The predicted octanol–water partition coefficient (Wildman–Crippen LogP) is 3.58. The number of hydrogen-bond donors (Lipinski definition) is 1. The van der Waals surface area contributed by atoms with Crippen LogP contribution >= 0.6 is 0 Å². The summed E-state index contributed by atoms with van der Waals surface area (Å²) in [6.07, 6.45) is 1.65. The van der Waals surface area contributed by atoms with E-state index in [4.69, 9.17) is 4.52 Å². The zero-order valence-corrected chi connectivity index (χ0v) is 14.7. The summed E-state index contributed by atoms with van der Waals surface area (Å²) in [5.41, 5.74) is 3.00. The van der Waals surface area contributed by atoms with Crippen molar-refractivity contribution in [2.75, 3.05) is 18.4 Å². The summed E-state index contributed by atoms with van der Waals surface area (Å²) in [6.45, 7) is 9.36. The molecule has 6 heteroatoms. The fraction of sp³-hybridized carbons (Fsp3) is 0.500. The minimum Gasteiger partial charge on any atom is -0.340 e. The van der Waals surface area contributed by atoms with E-state index in [1.807, 2.05) is 30.9 Å². The van der Waals surface area contributed by atoms with Crippen molar-refractivity contribution in [1.29, 1.82) is 0 Å². The third-order valence-electron chi connectivity index (χ3n) is 4.69. The number of urea groups is 1. The molecule has 1 aromatic heterocycles. The van der Waals surface area contributed by atoms with Crippen molar-refractivity contribution in [3.05, 3.63) is 41.0 Å². The maximum Gasteiger partial charge on any atom is 0.321 e. The summed E-state index contributed by atoms with van der Waals surface area (Å²) in [7, 11) is 0.